The minimum Gasteiger partial charge on any atom is -0.308 e. The van der Waals surface area contributed by atoms with Crippen LogP contribution in [0.1, 0.15) is 47.2 Å². The van der Waals surface area contributed by atoms with Crippen LogP contribution in [0.3, 0.4) is 0 Å². The standard InChI is InChI=1S/C20H20F2N2O3/c21-20(22)15-9-4-3-8-14(15)19(26)24(17-11-6-5-10-16(17)20)13-7-1-2-12-18(25)23-27/h3-6,8-11,27H,1-2,7,12-13H2,(H,23,25). The highest BCUT2D eigenvalue weighted by molar-refractivity contribution is 6.09. The number of hydrogen-bond acceptors (Lipinski definition) is 3. The van der Waals surface area contributed by atoms with Crippen LogP contribution in [0.4, 0.5) is 14.5 Å². The molecule has 2 aromatic carbocycles. The number of hydrogen-bond donors (Lipinski definition) is 2. The third kappa shape index (κ3) is 3.68. The third-order valence-corrected chi connectivity index (χ3v) is 4.68. The molecule has 0 fully saturated rings. The second-order valence-corrected chi connectivity index (χ2v) is 6.44. The molecule has 0 saturated heterocycles. The quantitative estimate of drug-likeness (QED) is 0.458. The fraction of sp³-hybridized carbons (Fsp3) is 0.300. The van der Waals surface area contributed by atoms with Crippen LogP contribution < -0.4 is 10.4 Å². The van der Waals surface area contributed by atoms with E-state index in [9.17, 15) is 9.59 Å². The van der Waals surface area contributed by atoms with Crippen molar-refractivity contribution < 1.29 is 23.6 Å². The van der Waals surface area contributed by atoms with E-state index < -0.39 is 17.7 Å². The average molecular weight is 374 g/mol. The number of benzene rings is 2. The van der Waals surface area contributed by atoms with Crippen molar-refractivity contribution in [1.82, 2.24) is 5.48 Å². The number of halogens is 2. The van der Waals surface area contributed by atoms with Crippen LogP contribution in [-0.4, -0.2) is 23.6 Å². The summed E-state index contributed by atoms with van der Waals surface area (Å²) in [5, 5.41) is 8.49. The molecular weight excluding hydrogens is 354 g/mol. The fourth-order valence-corrected chi connectivity index (χ4v) is 3.33. The van der Waals surface area contributed by atoms with Crippen molar-refractivity contribution in [2.75, 3.05) is 11.4 Å². The Morgan fingerprint density at radius 3 is 2.41 bits per heavy atom. The van der Waals surface area contributed by atoms with Crippen LogP contribution in [0.5, 0.6) is 0 Å². The zero-order chi connectivity index (χ0) is 19.4. The van der Waals surface area contributed by atoms with Crippen LogP contribution >= 0.6 is 0 Å². The van der Waals surface area contributed by atoms with Gasteiger partial charge < -0.3 is 4.90 Å². The second-order valence-electron chi connectivity index (χ2n) is 6.44. The summed E-state index contributed by atoms with van der Waals surface area (Å²) in [5.41, 5.74) is 1.29. The smallest absolute Gasteiger partial charge is 0.301 e. The van der Waals surface area contributed by atoms with E-state index in [0.717, 1.165) is 0 Å². The van der Waals surface area contributed by atoms with Crippen molar-refractivity contribution in [3.63, 3.8) is 0 Å². The molecule has 0 atom stereocenters. The number of hydroxylamine groups is 1. The number of nitrogens with one attached hydrogen (secondary N) is 1. The number of alkyl halides is 2. The number of unbranched alkanes of at least 4 members (excludes halogenated alkanes) is 2. The molecule has 0 saturated carbocycles. The highest BCUT2D eigenvalue weighted by Gasteiger charge is 2.44. The molecule has 2 N–H and O–H groups in total. The molecule has 0 radical (unpaired) electrons. The monoisotopic (exact) mass is 374 g/mol. The van der Waals surface area contributed by atoms with Crippen molar-refractivity contribution in [2.45, 2.75) is 31.6 Å². The minimum atomic E-state index is -3.27. The number of rotatable bonds is 6. The van der Waals surface area contributed by atoms with E-state index in [1.54, 1.807) is 17.6 Å². The lowest BCUT2D eigenvalue weighted by Crippen LogP contribution is -2.32. The first kappa shape index (κ1) is 19.0. The molecule has 7 heteroatoms. The van der Waals surface area contributed by atoms with Crippen LogP contribution in [-0.2, 0) is 10.7 Å². The van der Waals surface area contributed by atoms with E-state index in [1.807, 2.05) is 0 Å². The van der Waals surface area contributed by atoms with Gasteiger partial charge in [0.15, 0.2) is 0 Å². The number of fused-ring (bicyclic) bond motifs is 2. The average Bonchev–Trinajstić information content (AvgIpc) is 2.76. The SMILES string of the molecule is O=C(CCCCCN1C(=O)c2ccccc2C(F)(F)c2ccccc21)NO. The van der Waals surface area contributed by atoms with Crippen molar-refractivity contribution in [1.29, 1.82) is 0 Å². The zero-order valence-corrected chi connectivity index (χ0v) is 14.6. The van der Waals surface area contributed by atoms with Crippen LogP contribution in [0, 0.1) is 0 Å². The highest BCUT2D eigenvalue weighted by Crippen LogP contribution is 2.45. The Bertz CT molecular complexity index is 855. The number of para-hydroxylation sites is 1. The molecule has 1 aliphatic rings. The van der Waals surface area contributed by atoms with Crippen LogP contribution in [0.25, 0.3) is 0 Å². The summed E-state index contributed by atoms with van der Waals surface area (Å²) < 4.78 is 30.2. The molecule has 0 aromatic heterocycles. The maximum Gasteiger partial charge on any atom is 0.301 e. The maximum atomic E-state index is 15.1. The zero-order valence-electron chi connectivity index (χ0n) is 14.6. The first-order valence-corrected chi connectivity index (χ1v) is 8.78. The van der Waals surface area contributed by atoms with Crippen molar-refractivity contribution in [3.05, 3.63) is 65.2 Å². The summed E-state index contributed by atoms with van der Waals surface area (Å²) in [6.45, 7) is 0.265. The fourth-order valence-electron chi connectivity index (χ4n) is 3.33. The molecule has 0 unspecified atom stereocenters. The molecule has 0 spiro atoms. The molecule has 2 aromatic rings. The third-order valence-electron chi connectivity index (χ3n) is 4.68. The summed E-state index contributed by atoms with van der Waals surface area (Å²) in [5.74, 6) is -4.19. The highest BCUT2D eigenvalue weighted by atomic mass is 19.3. The topological polar surface area (TPSA) is 69.6 Å². The van der Waals surface area contributed by atoms with Crippen LogP contribution in [0.2, 0.25) is 0 Å². The van der Waals surface area contributed by atoms with E-state index in [0.29, 0.717) is 19.3 Å². The molecule has 0 aliphatic carbocycles. The summed E-state index contributed by atoms with van der Waals surface area (Å²) in [4.78, 5) is 25.4. The van der Waals surface area contributed by atoms with E-state index in [-0.39, 0.29) is 35.3 Å². The number of nitrogens with zero attached hydrogens (tertiary/aromatic N) is 1. The molecule has 2 amide bonds. The molecular formula is C20H20F2N2O3. The Kier molecular flexibility index (Phi) is 5.51. The van der Waals surface area contributed by atoms with E-state index in [1.165, 1.54) is 41.3 Å². The van der Waals surface area contributed by atoms with Gasteiger partial charge in [0.1, 0.15) is 0 Å². The van der Waals surface area contributed by atoms with E-state index in [2.05, 4.69) is 0 Å². The Morgan fingerprint density at radius 1 is 1.00 bits per heavy atom. The van der Waals surface area contributed by atoms with Gasteiger partial charge in [0.25, 0.3) is 5.91 Å². The van der Waals surface area contributed by atoms with Gasteiger partial charge in [-0.15, -0.1) is 0 Å². The molecule has 3 rings (SSSR count). The van der Waals surface area contributed by atoms with Gasteiger partial charge in [-0.05, 0) is 25.0 Å². The van der Waals surface area contributed by atoms with Crippen molar-refractivity contribution >= 4 is 17.5 Å². The normalized spacial score (nSPS) is 14.9. The molecule has 27 heavy (non-hydrogen) atoms. The summed E-state index contributed by atoms with van der Waals surface area (Å²) in [6.07, 6.45) is 1.87. The molecule has 1 heterocycles. The molecule has 0 bridgehead atoms. The van der Waals surface area contributed by atoms with Gasteiger partial charge in [0.2, 0.25) is 5.91 Å². The molecule has 1 aliphatic heterocycles. The van der Waals surface area contributed by atoms with Gasteiger partial charge in [-0.3, -0.25) is 14.8 Å². The van der Waals surface area contributed by atoms with Gasteiger partial charge in [0, 0.05) is 29.7 Å². The molecule has 142 valence electrons. The van der Waals surface area contributed by atoms with E-state index >= 15 is 8.78 Å². The lowest BCUT2D eigenvalue weighted by Gasteiger charge is -2.24. The Labute approximate surface area is 155 Å². The summed E-state index contributed by atoms with van der Waals surface area (Å²) in [6, 6.07) is 11.9. The number of carbonyl (C=O) groups is 2. The lowest BCUT2D eigenvalue weighted by molar-refractivity contribution is -0.129. The Morgan fingerprint density at radius 2 is 1.67 bits per heavy atom. The van der Waals surface area contributed by atoms with E-state index in [4.69, 9.17) is 5.21 Å². The lowest BCUT2D eigenvalue weighted by atomic mass is 9.96. The summed E-state index contributed by atoms with van der Waals surface area (Å²) in [7, 11) is 0. The largest absolute Gasteiger partial charge is 0.308 e. The van der Waals surface area contributed by atoms with Gasteiger partial charge in [0.05, 0.1) is 5.69 Å². The molecule has 5 nitrogen and oxygen atoms in total. The maximum absolute atomic E-state index is 15.1. The van der Waals surface area contributed by atoms with Crippen LogP contribution in [0.15, 0.2) is 48.5 Å². The number of anilines is 1. The predicted octanol–water partition coefficient (Wildman–Crippen LogP) is 3.85. The summed E-state index contributed by atoms with van der Waals surface area (Å²) >= 11 is 0. The van der Waals surface area contributed by atoms with Gasteiger partial charge >= 0.3 is 5.92 Å². The van der Waals surface area contributed by atoms with Gasteiger partial charge in [-0.25, -0.2) is 5.48 Å². The first-order chi connectivity index (χ1) is 13.0. The predicted molar refractivity (Wildman–Crippen MR) is 96.0 cm³/mol. The second kappa shape index (κ2) is 7.84. The van der Waals surface area contributed by atoms with Crippen molar-refractivity contribution in [2.24, 2.45) is 0 Å². The number of carbonyl (C=O) groups excluding carboxylic acids is 2. The first-order valence-electron chi connectivity index (χ1n) is 8.78. The van der Waals surface area contributed by atoms with Gasteiger partial charge in [-0.1, -0.05) is 42.8 Å². The van der Waals surface area contributed by atoms with Crippen molar-refractivity contribution in [3.8, 4) is 0 Å². The minimum absolute atomic E-state index is 0.00152. The Hall–Kier alpha value is -2.80. The Balaban J connectivity index is 1.87. The van der Waals surface area contributed by atoms with Gasteiger partial charge in [-0.2, -0.15) is 8.78 Å². The number of amides is 2.